The van der Waals surface area contributed by atoms with Gasteiger partial charge in [0.15, 0.2) is 0 Å². The molecule has 1 aromatic carbocycles. The Hall–Kier alpha value is -0.860. The van der Waals surface area contributed by atoms with Crippen molar-refractivity contribution in [3.8, 4) is 0 Å². The van der Waals surface area contributed by atoms with Crippen molar-refractivity contribution >= 4 is 0 Å². The molecule has 1 atom stereocenters. The minimum absolute atomic E-state index is 0.652. The molecule has 1 unspecified atom stereocenters. The standard InChI is InChI=1S/C17H27NO/c1-14-7-3-4-9-17(14)15(8-5-6-12-19-2)13-18-16-10-11-16/h3-4,7,9,15-16,18H,5-6,8,10-13H2,1-2H3. The van der Waals surface area contributed by atoms with Gasteiger partial charge in [0.1, 0.15) is 0 Å². The summed E-state index contributed by atoms with van der Waals surface area (Å²) in [5.41, 5.74) is 2.95. The van der Waals surface area contributed by atoms with E-state index >= 15 is 0 Å². The molecule has 1 saturated carbocycles. The third kappa shape index (κ3) is 4.96. The van der Waals surface area contributed by atoms with Crippen LogP contribution < -0.4 is 5.32 Å². The van der Waals surface area contributed by atoms with E-state index in [4.69, 9.17) is 4.74 Å². The minimum Gasteiger partial charge on any atom is -0.385 e. The van der Waals surface area contributed by atoms with E-state index in [1.54, 1.807) is 7.11 Å². The fraction of sp³-hybridized carbons (Fsp3) is 0.647. The molecule has 0 spiro atoms. The van der Waals surface area contributed by atoms with Crippen LogP contribution in [0.1, 0.15) is 49.1 Å². The van der Waals surface area contributed by atoms with Gasteiger partial charge in [-0.15, -0.1) is 0 Å². The van der Waals surface area contributed by atoms with Crippen molar-refractivity contribution in [3.05, 3.63) is 35.4 Å². The first-order valence-electron chi connectivity index (χ1n) is 7.59. The van der Waals surface area contributed by atoms with Crippen LogP contribution in [-0.2, 0) is 4.74 Å². The van der Waals surface area contributed by atoms with Crippen molar-refractivity contribution in [2.24, 2.45) is 0 Å². The Morgan fingerprint density at radius 1 is 1.26 bits per heavy atom. The number of hydrogen-bond donors (Lipinski definition) is 1. The van der Waals surface area contributed by atoms with Crippen molar-refractivity contribution in [1.82, 2.24) is 5.32 Å². The van der Waals surface area contributed by atoms with Crippen LogP contribution in [0.2, 0.25) is 0 Å². The van der Waals surface area contributed by atoms with Crippen LogP contribution in [0.15, 0.2) is 24.3 Å². The highest BCUT2D eigenvalue weighted by Crippen LogP contribution is 2.26. The van der Waals surface area contributed by atoms with Gasteiger partial charge in [-0.2, -0.15) is 0 Å². The van der Waals surface area contributed by atoms with Crippen LogP contribution in [0, 0.1) is 6.92 Å². The Balaban J connectivity index is 1.90. The lowest BCUT2D eigenvalue weighted by Gasteiger charge is -2.20. The van der Waals surface area contributed by atoms with Crippen molar-refractivity contribution in [2.75, 3.05) is 20.3 Å². The summed E-state index contributed by atoms with van der Waals surface area (Å²) in [4.78, 5) is 0. The van der Waals surface area contributed by atoms with E-state index in [1.807, 2.05) is 0 Å². The fourth-order valence-electron chi connectivity index (χ4n) is 2.65. The Bertz CT molecular complexity index is 373. The van der Waals surface area contributed by atoms with Crippen LogP contribution in [0.4, 0.5) is 0 Å². The number of nitrogens with one attached hydrogen (secondary N) is 1. The van der Waals surface area contributed by atoms with E-state index in [2.05, 4.69) is 36.5 Å². The molecule has 1 aromatic rings. The van der Waals surface area contributed by atoms with E-state index in [-0.39, 0.29) is 0 Å². The van der Waals surface area contributed by atoms with Crippen molar-refractivity contribution < 1.29 is 4.74 Å². The number of methoxy groups -OCH3 is 1. The summed E-state index contributed by atoms with van der Waals surface area (Å²) in [6.07, 6.45) is 6.41. The predicted octanol–water partition coefficient (Wildman–Crippen LogP) is 3.65. The van der Waals surface area contributed by atoms with Crippen LogP contribution in [-0.4, -0.2) is 26.3 Å². The molecule has 0 aromatic heterocycles. The number of benzene rings is 1. The Kier molecular flexibility index (Phi) is 5.87. The molecule has 0 heterocycles. The second-order valence-electron chi connectivity index (χ2n) is 5.72. The molecule has 1 N–H and O–H groups in total. The average Bonchev–Trinajstić information content (AvgIpc) is 3.23. The summed E-state index contributed by atoms with van der Waals surface area (Å²) in [7, 11) is 1.79. The quantitative estimate of drug-likeness (QED) is 0.685. The highest BCUT2D eigenvalue weighted by Gasteiger charge is 2.22. The van der Waals surface area contributed by atoms with E-state index in [1.165, 1.54) is 43.2 Å². The molecule has 106 valence electrons. The zero-order valence-electron chi connectivity index (χ0n) is 12.3. The highest BCUT2D eigenvalue weighted by atomic mass is 16.5. The first-order chi connectivity index (χ1) is 9.31. The van der Waals surface area contributed by atoms with E-state index in [0.717, 1.165) is 19.2 Å². The van der Waals surface area contributed by atoms with Crippen molar-refractivity contribution in [2.45, 2.75) is 51.0 Å². The van der Waals surface area contributed by atoms with Gasteiger partial charge >= 0.3 is 0 Å². The molecule has 0 amide bonds. The Morgan fingerprint density at radius 2 is 2.05 bits per heavy atom. The first kappa shape index (κ1) is 14.5. The molecule has 2 nitrogen and oxygen atoms in total. The van der Waals surface area contributed by atoms with Crippen LogP contribution in [0.25, 0.3) is 0 Å². The Morgan fingerprint density at radius 3 is 2.74 bits per heavy atom. The largest absolute Gasteiger partial charge is 0.385 e. The third-order valence-corrected chi connectivity index (χ3v) is 4.01. The summed E-state index contributed by atoms with van der Waals surface area (Å²) in [6.45, 7) is 4.24. The molecule has 0 aliphatic heterocycles. The molecule has 19 heavy (non-hydrogen) atoms. The second kappa shape index (κ2) is 7.66. The molecular weight excluding hydrogens is 234 g/mol. The van der Waals surface area contributed by atoms with Crippen molar-refractivity contribution in [1.29, 1.82) is 0 Å². The summed E-state index contributed by atoms with van der Waals surface area (Å²) in [5, 5.41) is 3.69. The van der Waals surface area contributed by atoms with Gasteiger partial charge in [0, 0.05) is 26.3 Å². The predicted molar refractivity (Wildman–Crippen MR) is 80.7 cm³/mol. The first-order valence-corrected chi connectivity index (χ1v) is 7.59. The van der Waals surface area contributed by atoms with Gasteiger partial charge in [-0.3, -0.25) is 0 Å². The average molecular weight is 261 g/mol. The van der Waals surface area contributed by atoms with Gasteiger partial charge in [-0.1, -0.05) is 30.7 Å². The number of unbranched alkanes of at least 4 members (excludes halogenated alkanes) is 1. The topological polar surface area (TPSA) is 21.3 Å². The molecule has 0 saturated heterocycles. The maximum atomic E-state index is 5.15. The van der Waals surface area contributed by atoms with Gasteiger partial charge in [-0.25, -0.2) is 0 Å². The second-order valence-corrected chi connectivity index (χ2v) is 5.72. The lowest BCUT2D eigenvalue weighted by Crippen LogP contribution is -2.24. The molecule has 1 fully saturated rings. The van der Waals surface area contributed by atoms with Crippen LogP contribution in [0.5, 0.6) is 0 Å². The summed E-state index contributed by atoms with van der Waals surface area (Å²) in [6, 6.07) is 9.63. The highest BCUT2D eigenvalue weighted by molar-refractivity contribution is 5.29. The lowest BCUT2D eigenvalue weighted by atomic mass is 9.90. The van der Waals surface area contributed by atoms with Gasteiger partial charge in [0.2, 0.25) is 0 Å². The van der Waals surface area contributed by atoms with E-state index in [0.29, 0.717) is 5.92 Å². The van der Waals surface area contributed by atoms with Crippen molar-refractivity contribution in [3.63, 3.8) is 0 Å². The lowest BCUT2D eigenvalue weighted by molar-refractivity contribution is 0.191. The van der Waals surface area contributed by atoms with Crippen LogP contribution in [0.3, 0.4) is 0 Å². The SMILES string of the molecule is COCCCCC(CNC1CC1)c1ccccc1C. The molecule has 1 aliphatic carbocycles. The molecule has 0 radical (unpaired) electrons. The minimum atomic E-state index is 0.652. The molecule has 1 aliphatic rings. The Labute approximate surface area is 117 Å². The molecule has 2 heteroatoms. The molecular formula is C17H27NO. The number of aryl methyl sites for hydroxylation is 1. The number of ether oxygens (including phenoxy) is 1. The van der Waals surface area contributed by atoms with Gasteiger partial charge in [0.25, 0.3) is 0 Å². The number of rotatable bonds is 9. The molecule has 0 bridgehead atoms. The number of hydrogen-bond acceptors (Lipinski definition) is 2. The zero-order valence-corrected chi connectivity index (χ0v) is 12.3. The molecule has 2 rings (SSSR count). The van der Waals surface area contributed by atoms with Gasteiger partial charge in [-0.05, 0) is 49.7 Å². The smallest absolute Gasteiger partial charge is 0.0462 e. The normalized spacial score (nSPS) is 16.5. The monoisotopic (exact) mass is 261 g/mol. The van der Waals surface area contributed by atoms with E-state index in [9.17, 15) is 0 Å². The van der Waals surface area contributed by atoms with Gasteiger partial charge < -0.3 is 10.1 Å². The van der Waals surface area contributed by atoms with Crippen LogP contribution >= 0.6 is 0 Å². The summed E-state index contributed by atoms with van der Waals surface area (Å²) in [5.74, 6) is 0.652. The maximum absolute atomic E-state index is 5.15. The van der Waals surface area contributed by atoms with Gasteiger partial charge in [0.05, 0.1) is 0 Å². The summed E-state index contributed by atoms with van der Waals surface area (Å²) >= 11 is 0. The zero-order chi connectivity index (χ0) is 13.5. The maximum Gasteiger partial charge on any atom is 0.0462 e. The summed E-state index contributed by atoms with van der Waals surface area (Å²) < 4.78 is 5.15. The third-order valence-electron chi connectivity index (χ3n) is 4.01. The van der Waals surface area contributed by atoms with E-state index < -0.39 is 0 Å². The fourth-order valence-corrected chi connectivity index (χ4v) is 2.65.